The van der Waals surface area contributed by atoms with Gasteiger partial charge < -0.3 is 16.0 Å². The molecule has 2 aromatic rings. The average Bonchev–Trinajstić information content (AvgIpc) is 2.78. The second-order valence-corrected chi connectivity index (χ2v) is 4.12. The lowest BCUT2D eigenvalue weighted by molar-refractivity contribution is -0.116. The molecular formula is C11H16N6O. The van der Waals surface area contributed by atoms with E-state index in [0.29, 0.717) is 17.0 Å². The van der Waals surface area contributed by atoms with Gasteiger partial charge in [-0.3, -0.25) is 4.79 Å². The lowest BCUT2D eigenvalue weighted by Crippen LogP contribution is -2.27. The fourth-order valence-electron chi connectivity index (χ4n) is 1.75. The molecule has 1 unspecified atom stereocenters. The lowest BCUT2D eigenvalue weighted by atomic mass is 10.1. The number of rotatable bonds is 5. The monoisotopic (exact) mass is 248 g/mol. The third-order valence-electron chi connectivity index (χ3n) is 2.59. The van der Waals surface area contributed by atoms with E-state index in [9.17, 15) is 4.79 Å². The van der Waals surface area contributed by atoms with Gasteiger partial charge in [0.1, 0.15) is 11.8 Å². The van der Waals surface area contributed by atoms with Crippen LogP contribution in [0, 0.1) is 0 Å². The summed E-state index contributed by atoms with van der Waals surface area (Å²) in [6, 6.07) is -0.117. The number of amides is 1. The van der Waals surface area contributed by atoms with Crippen LogP contribution >= 0.6 is 0 Å². The molecule has 0 bridgehead atoms. The molecule has 0 aliphatic heterocycles. The molecule has 2 heterocycles. The third kappa shape index (κ3) is 2.80. The number of nitrogens with zero attached hydrogens (tertiary/aromatic N) is 3. The van der Waals surface area contributed by atoms with Gasteiger partial charge >= 0.3 is 0 Å². The smallest absolute Gasteiger partial charge is 0.227 e. The Morgan fingerprint density at radius 1 is 1.50 bits per heavy atom. The van der Waals surface area contributed by atoms with Gasteiger partial charge in [-0.25, -0.2) is 15.0 Å². The predicted molar refractivity (Wildman–Crippen MR) is 67.8 cm³/mol. The van der Waals surface area contributed by atoms with E-state index in [1.807, 2.05) is 6.92 Å². The number of hydrogen-bond acceptors (Lipinski definition) is 5. The second kappa shape index (κ2) is 5.54. The molecule has 7 nitrogen and oxygen atoms in total. The second-order valence-electron chi connectivity index (χ2n) is 4.12. The third-order valence-corrected chi connectivity index (χ3v) is 2.59. The van der Waals surface area contributed by atoms with E-state index >= 15 is 0 Å². The first-order valence-corrected chi connectivity index (χ1v) is 5.90. The van der Waals surface area contributed by atoms with Crippen molar-refractivity contribution in [3.05, 3.63) is 12.7 Å². The first kappa shape index (κ1) is 12.4. The van der Waals surface area contributed by atoms with E-state index in [-0.39, 0.29) is 18.4 Å². The van der Waals surface area contributed by atoms with Crippen molar-refractivity contribution < 1.29 is 4.79 Å². The molecule has 0 saturated carbocycles. The summed E-state index contributed by atoms with van der Waals surface area (Å²) >= 11 is 0. The normalized spacial score (nSPS) is 12.6. The molecule has 0 radical (unpaired) electrons. The van der Waals surface area contributed by atoms with Crippen molar-refractivity contribution in [2.45, 2.75) is 32.2 Å². The van der Waals surface area contributed by atoms with Gasteiger partial charge in [-0.2, -0.15) is 0 Å². The number of fused-ring (bicyclic) bond motifs is 1. The molecule has 4 N–H and O–H groups in total. The predicted octanol–water partition coefficient (Wildman–Crippen LogP) is 0.809. The molecule has 7 heteroatoms. The number of aromatic amines is 1. The number of carbonyl (C=O) groups excluding carboxylic acids is 1. The summed E-state index contributed by atoms with van der Waals surface area (Å²) in [5.74, 6) is 0.289. The van der Waals surface area contributed by atoms with Crippen molar-refractivity contribution in [2.24, 2.45) is 5.73 Å². The summed E-state index contributed by atoms with van der Waals surface area (Å²) in [6.07, 6.45) is 4.96. The molecule has 0 spiro atoms. The van der Waals surface area contributed by atoms with E-state index in [4.69, 9.17) is 5.73 Å². The van der Waals surface area contributed by atoms with Crippen molar-refractivity contribution in [1.82, 2.24) is 19.9 Å². The van der Waals surface area contributed by atoms with Gasteiger partial charge in [0, 0.05) is 12.5 Å². The van der Waals surface area contributed by atoms with Crippen LogP contribution < -0.4 is 11.1 Å². The maximum Gasteiger partial charge on any atom is 0.227 e. The Hall–Kier alpha value is -2.02. The Morgan fingerprint density at radius 2 is 2.33 bits per heavy atom. The number of carbonyl (C=O) groups is 1. The van der Waals surface area contributed by atoms with Gasteiger partial charge in [-0.15, -0.1) is 0 Å². The molecule has 18 heavy (non-hydrogen) atoms. The van der Waals surface area contributed by atoms with Gasteiger partial charge in [0.05, 0.1) is 6.33 Å². The van der Waals surface area contributed by atoms with E-state index in [0.717, 1.165) is 12.8 Å². The average molecular weight is 248 g/mol. The molecule has 1 amide bonds. The van der Waals surface area contributed by atoms with Crippen LogP contribution in [0.3, 0.4) is 0 Å². The minimum atomic E-state index is -0.148. The summed E-state index contributed by atoms with van der Waals surface area (Å²) in [5.41, 5.74) is 6.96. The van der Waals surface area contributed by atoms with Crippen LogP contribution in [0.4, 0.5) is 5.82 Å². The molecule has 0 saturated heterocycles. The van der Waals surface area contributed by atoms with Crippen LogP contribution in [-0.2, 0) is 4.79 Å². The summed E-state index contributed by atoms with van der Waals surface area (Å²) in [4.78, 5) is 26.6. The standard InChI is InChI=1S/C11H16N6O/c1-2-3-7(12)4-8(18)17-11-9-10(14-5-13-9)15-6-16-11/h5-7H,2-4,12H2,1H3,(H2,13,14,15,16,17,18). The van der Waals surface area contributed by atoms with Crippen molar-refractivity contribution in [3.8, 4) is 0 Å². The van der Waals surface area contributed by atoms with Gasteiger partial charge in [-0.1, -0.05) is 13.3 Å². The minimum absolute atomic E-state index is 0.117. The molecule has 0 aliphatic rings. The Labute approximate surface area is 104 Å². The number of nitrogens with two attached hydrogens (primary N) is 1. The highest BCUT2D eigenvalue weighted by molar-refractivity contribution is 5.96. The molecule has 2 aromatic heterocycles. The highest BCUT2D eigenvalue weighted by Gasteiger charge is 2.12. The summed E-state index contributed by atoms with van der Waals surface area (Å²) in [5, 5.41) is 2.72. The fourth-order valence-corrected chi connectivity index (χ4v) is 1.75. The van der Waals surface area contributed by atoms with Crippen molar-refractivity contribution >= 4 is 22.9 Å². The van der Waals surface area contributed by atoms with Gasteiger partial charge in [0.15, 0.2) is 11.5 Å². The van der Waals surface area contributed by atoms with E-state index in [1.165, 1.54) is 12.7 Å². The Kier molecular flexibility index (Phi) is 3.83. The van der Waals surface area contributed by atoms with Crippen molar-refractivity contribution in [1.29, 1.82) is 0 Å². The van der Waals surface area contributed by atoms with E-state index < -0.39 is 0 Å². The highest BCUT2D eigenvalue weighted by Crippen LogP contribution is 2.14. The minimum Gasteiger partial charge on any atom is -0.340 e. The topological polar surface area (TPSA) is 110 Å². The fraction of sp³-hybridized carbons (Fsp3) is 0.455. The molecule has 0 aromatic carbocycles. The zero-order valence-corrected chi connectivity index (χ0v) is 10.2. The summed E-state index contributed by atoms with van der Waals surface area (Å²) in [6.45, 7) is 2.04. The van der Waals surface area contributed by atoms with Crippen LogP contribution in [0.1, 0.15) is 26.2 Å². The molecule has 1 atom stereocenters. The highest BCUT2D eigenvalue weighted by atomic mass is 16.1. The first-order valence-electron chi connectivity index (χ1n) is 5.90. The molecule has 96 valence electrons. The quantitative estimate of drug-likeness (QED) is 0.725. The van der Waals surface area contributed by atoms with Crippen LogP contribution in [-0.4, -0.2) is 31.9 Å². The Morgan fingerprint density at radius 3 is 3.11 bits per heavy atom. The summed E-state index contributed by atoms with van der Waals surface area (Å²) < 4.78 is 0. The van der Waals surface area contributed by atoms with E-state index in [1.54, 1.807) is 0 Å². The number of imidazole rings is 1. The Bertz CT molecular complexity index is 537. The first-order chi connectivity index (χ1) is 8.70. The molecular weight excluding hydrogens is 232 g/mol. The van der Waals surface area contributed by atoms with Gasteiger partial charge in [0.2, 0.25) is 5.91 Å². The number of anilines is 1. The maximum atomic E-state index is 11.8. The van der Waals surface area contributed by atoms with Crippen LogP contribution in [0.15, 0.2) is 12.7 Å². The van der Waals surface area contributed by atoms with Gasteiger partial charge in [0.25, 0.3) is 0 Å². The van der Waals surface area contributed by atoms with Crippen molar-refractivity contribution in [2.75, 3.05) is 5.32 Å². The lowest BCUT2D eigenvalue weighted by Gasteiger charge is -2.10. The van der Waals surface area contributed by atoms with Crippen LogP contribution in [0.5, 0.6) is 0 Å². The number of aromatic nitrogens is 4. The zero-order valence-electron chi connectivity index (χ0n) is 10.2. The SMILES string of the molecule is CCCC(N)CC(=O)Nc1ncnc2nc[nH]c12. The van der Waals surface area contributed by atoms with Gasteiger partial charge in [-0.05, 0) is 6.42 Å². The van der Waals surface area contributed by atoms with E-state index in [2.05, 4.69) is 25.3 Å². The molecule has 0 fully saturated rings. The Balaban J connectivity index is 2.05. The number of H-pyrrole nitrogens is 1. The summed E-state index contributed by atoms with van der Waals surface area (Å²) in [7, 11) is 0. The van der Waals surface area contributed by atoms with Crippen LogP contribution in [0.2, 0.25) is 0 Å². The molecule has 2 rings (SSSR count). The molecule has 0 aliphatic carbocycles. The van der Waals surface area contributed by atoms with Crippen LogP contribution in [0.25, 0.3) is 11.2 Å². The van der Waals surface area contributed by atoms with Crippen molar-refractivity contribution in [3.63, 3.8) is 0 Å². The number of hydrogen-bond donors (Lipinski definition) is 3. The number of nitrogens with one attached hydrogen (secondary N) is 2. The maximum absolute atomic E-state index is 11.8. The zero-order chi connectivity index (χ0) is 13.0. The largest absolute Gasteiger partial charge is 0.340 e.